The number of hydrogen-bond acceptors (Lipinski definition) is 3. The van der Waals surface area contributed by atoms with Gasteiger partial charge in [0.2, 0.25) is 0 Å². The van der Waals surface area contributed by atoms with Crippen LogP contribution in [0.4, 0.5) is 0 Å². The fourth-order valence-electron chi connectivity index (χ4n) is 2.25. The van der Waals surface area contributed by atoms with Crippen LogP contribution in [0.5, 0.6) is 0 Å². The molecule has 1 saturated heterocycles. The van der Waals surface area contributed by atoms with E-state index in [4.69, 9.17) is 11.6 Å². The monoisotopic (exact) mass is 342 g/mol. The molecule has 0 unspecified atom stereocenters. The summed E-state index contributed by atoms with van der Waals surface area (Å²) in [6.45, 7) is 10.5. The number of thiophene rings is 1. The molecule has 0 amide bonds. The van der Waals surface area contributed by atoms with Crippen LogP contribution in [0.25, 0.3) is 0 Å². The molecule has 1 aromatic rings. The summed E-state index contributed by atoms with van der Waals surface area (Å²) in [5, 5.41) is 6.37. The third-order valence-corrected chi connectivity index (χ3v) is 4.54. The van der Waals surface area contributed by atoms with Crippen LogP contribution in [0.2, 0.25) is 5.02 Å². The molecule has 1 aliphatic heterocycles. The quantitative estimate of drug-likeness (QED) is 0.826. The highest BCUT2D eigenvalue weighted by molar-refractivity contribution is 7.10. The molecule has 19 heavy (non-hydrogen) atoms. The lowest BCUT2D eigenvalue weighted by Crippen LogP contribution is -2.45. The molecule has 0 saturated carbocycles. The van der Waals surface area contributed by atoms with Crippen molar-refractivity contribution in [1.29, 1.82) is 0 Å². The van der Waals surface area contributed by atoms with Gasteiger partial charge in [-0.25, -0.2) is 0 Å². The van der Waals surface area contributed by atoms with E-state index in [-0.39, 0.29) is 24.8 Å². The van der Waals surface area contributed by atoms with E-state index in [9.17, 15) is 0 Å². The zero-order chi connectivity index (χ0) is 12.3. The summed E-state index contributed by atoms with van der Waals surface area (Å²) in [6.07, 6.45) is 1.00. The lowest BCUT2D eigenvalue weighted by atomic mass is 10.0. The van der Waals surface area contributed by atoms with E-state index in [0.717, 1.165) is 37.6 Å². The van der Waals surface area contributed by atoms with Crippen LogP contribution in [0.3, 0.4) is 0 Å². The van der Waals surface area contributed by atoms with E-state index in [1.54, 1.807) is 11.3 Å². The summed E-state index contributed by atoms with van der Waals surface area (Å²) in [6, 6.07) is 2.40. The molecule has 0 aliphatic carbocycles. The summed E-state index contributed by atoms with van der Waals surface area (Å²) in [5.41, 5.74) is 1.22. The lowest BCUT2D eigenvalue weighted by Gasteiger charge is -2.34. The van der Waals surface area contributed by atoms with E-state index in [1.807, 2.05) is 6.07 Å². The SMILES string of the molecule is C=C(C)C[C@H](c1sccc1Cl)N1CCNCC1.Cl.Cl. The highest BCUT2D eigenvalue weighted by Crippen LogP contribution is 2.36. The standard InChI is InChI=1S/C13H19ClN2S.2ClH/c1-10(2)9-12(13-11(14)3-8-17-13)16-6-4-15-5-7-16;;/h3,8,12,15H,1,4-7,9H2,2H3;2*1H/t12-;;/m1../s1. The number of nitrogens with one attached hydrogen (secondary N) is 1. The van der Waals surface area contributed by atoms with Crippen LogP contribution in [0, 0.1) is 0 Å². The van der Waals surface area contributed by atoms with Crippen molar-refractivity contribution in [3.05, 3.63) is 33.5 Å². The van der Waals surface area contributed by atoms with Crippen molar-refractivity contribution in [3.63, 3.8) is 0 Å². The third-order valence-electron chi connectivity index (χ3n) is 3.08. The Kier molecular flexibility index (Phi) is 9.33. The highest BCUT2D eigenvalue weighted by atomic mass is 35.5. The van der Waals surface area contributed by atoms with Crippen LogP contribution >= 0.6 is 47.8 Å². The maximum atomic E-state index is 6.28. The van der Waals surface area contributed by atoms with Gasteiger partial charge in [-0.05, 0) is 24.8 Å². The fourth-order valence-corrected chi connectivity index (χ4v) is 3.57. The van der Waals surface area contributed by atoms with Gasteiger partial charge in [0, 0.05) is 37.1 Å². The maximum Gasteiger partial charge on any atom is 0.0561 e. The second-order valence-corrected chi connectivity index (χ2v) is 5.95. The minimum absolute atomic E-state index is 0. The fraction of sp³-hybridized carbons (Fsp3) is 0.538. The average molecular weight is 344 g/mol. The molecule has 0 radical (unpaired) electrons. The Bertz CT molecular complexity index is 389. The molecule has 2 nitrogen and oxygen atoms in total. The van der Waals surface area contributed by atoms with Gasteiger partial charge >= 0.3 is 0 Å². The zero-order valence-electron chi connectivity index (χ0n) is 11.0. The number of rotatable bonds is 4. The van der Waals surface area contributed by atoms with E-state index < -0.39 is 0 Å². The summed E-state index contributed by atoms with van der Waals surface area (Å²) >= 11 is 8.03. The van der Waals surface area contributed by atoms with Gasteiger partial charge in [-0.3, -0.25) is 4.90 Å². The van der Waals surface area contributed by atoms with Crippen LogP contribution in [0.1, 0.15) is 24.3 Å². The van der Waals surface area contributed by atoms with Gasteiger partial charge in [0.15, 0.2) is 0 Å². The van der Waals surface area contributed by atoms with Crippen LogP contribution in [-0.2, 0) is 0 Å². The second kappa shape index (κ2) is 9.22. The van der Waals surface area contributed by atoms with Gasteiger partial charge < -0.3 is 5.32 Å². The van der Waals surface area contributed by atoms with Crippen molar-refractivity contribution in [2.45, 2.75) is 19.4 Å². The Morgan fingerprint density at radius 3 is 2.58 bits per heavy atom. The smallest absolute Gasteiger partial charge is 0.0561 e. The third kappa shape index (κ3) is 5.25. The Balaban J connectivity index is 0.00000162. The summed E-state index contributed by atoms with van der Waals surface area (Å²) in [7, 11) is 0. The van der Waals surface area contributed by atoms with Gasteiger partial charge in [-0.1, -0.05) is 17.2 Å². The van der Waals surface area contributed by atoms with Crippen molar-refractivity contribution in [2.24, 2.45) is 0 Å². The van der Waals surface area contributed by atoms with Crippen molar-refractivity contribution >= 4 is 47.8 Å². The Labute approximate surface area is 137 Å². The molecule has 1 aromatic heterocycles. The molecular weight excluding hydrogens is 323 g/mol. The Morgan fingerprint density at radius 2 is 2.11 bits per heavy atom. The highest BCUT2D eigenvalue weighted by Gasteiger charge is 2.24. The minimum atomic E-state index is 0. The first-order valence-corrected chi connectivity index (χ1v) is 7.26. The summed E-state index contributed by atoms with van der Waals surface area (Å²) in [4.78, 5) is 3.81. The topological polar surface area (TPSA) is 15.3 Å². The van der Waals surface area contributed by atoms with Gasteiger partial charge in [0.25, 0.3) is 0 Å². The minimum Gasteiger partial charge on any atom is -0.314 e. The Hall–Kier alpha value is 0.230. The molecule has 2 rings (SSSR count). The van der Waals surface area contributed by atoms with E-state index in [2.05, 4.69) is 29.1 Å². The predicted molar refractivity (Wildman–Crippen MR) is 90.4 cm³/mol. The lowest BCUT2D eigenvalue weighted by molar-refractivity contribution is 0.175. The molecule has 2 heterocycles. The Morgan fingerprint density at radius 1 is 1.47 bits per heavy atom. The van der Waals surface area contributed by atoms with Gasteiger partial charge in [0.05, 0.1) is 5.02 Å². The predicted octanol–water partition coefficient (Wildman–Crippen LogP) is 4.16. The van der Waals surface area contributed by atoms with Crippen molar-refractivity contribution in [2.75, 3.05) is 26.2 Å². The van der Waals surface area contributed by atoms with Crippen molar-refractivity contribution < 1.29 is 0 Å². The molecular formula is C13H21Cl3N2S. The molecule has 0 bridgehead atoms. The van der Waals surface area contributed by atoms with Crippen LogP contribution in [0.15, 0.2) is 23.6 Å². The number of hydrogen-bond donors (Lipinski definition) is 1. The maximum absolute atomic E-state index is 6.28. The molecule has 110 valence electrons. The van der Waals surface area contributed by atoms with Crippen LogP contribution < -0.4 is 5.32 Å². The zero-order valence-corrected chi connectivity index (χ0v) is 14.2. The first-order valence-electron chi connectivity index (χ1n) is 6.00. The molecule has 0 aromatic carbocycles. The molecule has 1 N–H and O–H groups in total. The molecule has 1 aliphatic rings. The van der Waals surface area contributed by atoms with E-state index in [1.165, 1.54) is 10.5 Å². The summed E-state index contributed by atoms with van der Waals surface area (Å²) in [5.74, 6) is 0. The summed E-state index contributed by atoms with van der Waals surface area (Å²) < 4.78 is 0. The number of halogens is 3. The van der Waals surface area contributed by atoms with Crippen LogP contribution in [-0.4, -0.2) is 31.1 Å². The second-order valence-electron chi connectivity index (χ2n) is 4.60. The number of nitrogens with zero attached hydrogens (tertiary/aromatic N) is 1. The van der Waals surface area contributed by atoms with E-state index >= 15 is 0 Å². The molecule has 1 fully saturated rings. The molecule has 0 spiro atoms. The van der Waals surface area contributed by atoms with Gasteiger partial charge in [0.1, 0.15) is 0 Å². The largest absolute Gasteiger partial charge is 0.314 e. The molecule has 1 atom stereocenters. The van der Waals surface area contributed by atoms with E-state index in [0.29, 0.717) is 6.04 Å². The normalized spacial score (nSPS) is 17.2. The average Bonchev–Trinajstić information content (AvgIpc) is 2.73. The van der Waals surface area contributed by atoms with Gasteiger partial charge in [-0.15, -0.1) is 42.7 Å². The first kappa shape index (κ1) is 19.2. The first-order chi connectivity index (χ1) is 8.18. The molecule has 6 heteroatoms. The number of piperazine rings is 1. The van der Waals surface area contributed by atoms with Crippen molar-refractivity contribution in [1.82, 2.24) is 10.2 Å². The van der Waals surface area contributed by atoms with Crippen molar-refractivity contribution in [3.8, 4) is 0 Å². The van der Waals surface area contributed by atoms with Gasteiger partial charge in [-0.2, -0.15) is 0 Å².